The Labute approximate surface area is 109 Å². The van der Waals surface area contributed by atoms with Crippen LogP contribution in [0.15, 0.2) is 18.2 Å². The van der Waals surface area contributed by atoms with E-state index >= 15 is 0 Å². The van der Waals surface area contributed by atoms with Crippen LogP contribution >= 0.6 is 11.8 Å². The number of amides is 1. The summed E-state index contributed by atoms with van der Waals surface area (Å²) in [5.41, 5.74) is 2.49. The highest BCUT2D eigenvalue weighted by Gasteiger charge is 2.42. The molecule has 0 heterocycles. The summed E-state index contributed by atoms with van der Waals surface area (Å²) in [5, 5.41) is 2.83. The van der Waals surface area contributed by atoms with E-state index in [1.54, 1.807) is 17.8 Å². The number of para-hydroxylation sites is 1. The van der Waals surface area contributed by atoms with Gasteiger partial charge in [-0.05, 0) is 31.2 Å². The maximum absolute atomic E-state index is 13.4. The summed E-state index contributed by atoms with van der Waals surface area (Å²) >= 11 is 1.76. The molecule has 0 atom stereocenters. The molecule has 0 spiro atoms. The average molecular weight is 269 g/mol. The number of hydrogen-bond donors (Lipinski definition) is 3. The van der Waals surface area contributed by atoms with Gasteiger partial charge in [-0.3, -0.25) is 10.6 Å². The number of rotatable bonds is 5. The average Bonchev–Trinajstić information content (AvgIpc) is 3.16. The van der Waals surface area contributed by atoms with Gasteiger partial charge in [0.1, 0.15) is 5.82 Å². The molecule has 1 fully saturated rings. The Kier molecular flexibility index (Phi) is 3.77. The third kappa shape index (κ3) is 2.59. The largest absolute Gasteiger partial charge is 0.351 e. The molecule has 1 saturated carbocycles. The molecule has 0 saturated heterocycles. The fourth-order valence-corrected chi connectivity index (χ4v) is 2.52. The molecule has 1 aromatic rings. The molecule has 18 heavy (non-hydrogen) atoms. The predicted molar refractivity (Wildman–Crippen MR) is 72.0 cm³/mol. The van der Waals surface area contributed by atoms with Gasteiger partial charge in [0, 0.05) is 11.3 Å². The van der Waals surface area contributed by atoms with E-state index in [2.05, 4.69) is 10.7 Å². The number of nitrogens with two attached hydrogens (primary N) is 1. The molecule has 1 aliphatic carbocycles. The van der Waals surface area contributed by atoms with Crippen molar-refractivity contribution in [2.24, 2.45) is 5.84 Å². The van der Waals surface area contributed by atoms with Crippen LogP contribution in [0.1, 0.15) is 23.2 Å². The smallest absolute Gasteiger partial charge is 0.253 e. The molecule has 0 aromatic heterocycles. The van der Waals surface area contributed by atoms with Crippen LogP contribution in [0.3, 0.4) is 0 Å². The zero-order valence-electron chi connectivity index (χ0n) is 10.1. The lowest BCUT2D eigenvalue weighted by Gasteiger charge is -2.14. The number of nitrogens with one attached hydrogen (secondary N) is 2. The molecule has 0 aliphatic heterocycles. The standard InChI is InChI=1S/C12H16FN3OS/c1-18-12(5-6-12)7-15-11(17)8-3-2-4-9(13)10(8)16-14/h2-4,16H,5-7,14H2,1H3,(H,15,17). The minimum atomic E-state index is -0.531. The number of anilines is 1. The predicted octanol–water partition coefficient (Wildman–Crippen LogP) is 1.74. The number of halogens is 1. The van der Waals surface area contributed by atoms with Gasteiger partial charge in [0.25, 0.3) is 5.91 Å². The molecular weight excluding hydrogens is 253 g/mol. The fraction of sp³-hybridized carbons (Fsp3) is 0.417. The first-order valence-corrected chi connectivity index (χ1v) is 6.93. The summed E-state index contributed by atoms with van der Waals surface area (Å²) in [7, 11) is 0. The zero-order valence-corrected chi connectivity index (χ0v) is 10.9. The molecule has 4 nitrogen and oxygen atoms in total. The van der Waals surface area contributed by atoms with Crippen molar-refractivity contribution >= 4 is 23.4 Å². The molecular formula is C12H16FN3OS. The second-order valence-corrected chi connectivity index (χ2v) is 5.65. The molecule has 1 amide bonds. The lowest BCUT2D eigenvalue weighted by Crippen LogP contribution is -2.32. The molecule has 0 bridgehead atoms. The van der Waals surface area contributed by atoms with Crippen molar-refractivity contribution < 1.29 is 9.18 Å². The topological polar surface area (TPSA) is 67.2 Å². The summed E-state index contributed by atoms with van der Waals surface area (Å²) in [6, 6.07) is 4.30. The molecule has 1 aromatic carbocycles. The number of hydrogen-bond acceptors (Lipinski definition) is 4. The van der Waals surface area contributed by atoms with E-state index < -0.39 is 5.82 Å². The summed E-state index contributed by atoms with van der Waals surface area (Å²) in [6.07, 6.45) is 4.26. The lowest BCUT2D eigenvalue weighted by molar-refractivity contribution is 0.0953. The Morgan fingerprint density at radius 2 is 2.28 bits per heavy atom. The van der Waals surface area contributed by atoms with Crippen LogP contribution in [0, 0.1) is 5.82 Å². The molecule has 1 aliphatic rings. The van der Waals surface area contributed by atoms with E-state index in [9.17, 15) is 9.18 Å². The lowest BCUT2D eigenvalue weighted by atomic mass is 10.1. The van der Waals surface area contributed by atoms with Crippen LogP contribution in [-0.4, -0.2) is 23.5 Å². The van der Waals surface area contributed by atoms with Crippen molar-refractivity contribution in [1.82, 2.24) is 5.32 Å². The number of hydrazine groups is 1. The second kappa shape index (κ2) is 5.16. The van der Waals surface area contributed by atoms with Gasteiger partial charge in [0.15, 0.2) is 0 Å². The van der Waals surface area contributed by atoms with Crippen molar-refractivity contribution in [3.8, 4) is 0 Å². The minimum absolute atomic E-state index is 0.0315. The Morgan fingerprint density at radius 1 is 1.56 bits per heavy atom. The molecule has 6 heteroatoms. The molecule has 2 rings (SSSR count). The highest BCUT2D eigenvalue weighted by atomic mass is 32.2. The molecule has 4 N–H and O–H groups in total. The van der Waals surface area contributed by atoms with Crippen molar-refractivity contribution in [2.75, 3.05) is 18.2 Å². The van der Waals surface area contributed by atoms with Gasteiger partial charge in [0.05, 0.1) is 11.3 Å². The summed E-state index contributed by atoms with van der Waals surface area (Å²) in [5.74, 6) is 4.40. The van der Waals surface area contributed by atoms with Crippen molar-refractivity contribution in [2.45, 2.75) is 17.6 Å². The van der Waals surface area contributed by atoms with E-state index in [4.69, 9.17) is 5.84 Å². The Hall–Kier alpha value is -1.27. The number of benzene rings is 1. The Bertz CT molecular complexity index is 463. The zero-order chi connectivity index (χ0) is 13.2. The van der Waals surface area contributed by atoms with Crippen LogP contribution in [0.2, 0.25) is 0 Å². The molecule has 0 radical (unpaired) electrons. The van der Waals surface area contributed by atoms with Crippen molar-refractivity contribution in [1.29, 1.82) is 0 Å². The third-order valence-electron chi connectivity index (χ3n) is 3.21. The SMILES string of the molecule is CSC1(CNC(=O)c2cccc(F)c2NN)CC1. The number of nitrogen functional groups attached to an aromatic ring is 1. The first-order chi connectivity index (χ1) is 8.62. The Balaban J connectivity index is 2.07. The maximum Gasteiger partial charge on any atom is 0.253 e. The van der Waals surface area contributed by atoms with Gasteiger partial charge in [-0.1, -0.05) is 6.07 Å². The summed E-state index contributed by atoms with van der Waals surface area (Å²) < 4.78 is 13.6. The highest BCUT2D eigenvalue weighted by Crippen LogP contribution is 2.46. The van der Waals surface area contributed by atoms with E-state index in [0.29, 0.717) is 6.54 Å². The van der Waals surface area contributed by atoms with E-state index in [0.717, 1.165) is 12.8 Å². The van der Waals surface area contributed by atoms with Gasteiger partial charge < -0.3 is 10.7 Å². The highest BCUT2D eigenvalue weighted by molar-refractivity contribution is 8.00. The van der Waals surface area contributed by atoms with Gasteiger partial charge in [-0.25, -0.2) is 4.39 Å². The number of carbonyl (C=O) groups is 1. The molecule has 0 unspecified atom stereocenters. The fourth-order valence-electron chi connectivity index (χ4n) is 1.79. The van der Waals surface area contributed by atoms with Crippen LogP contribution in [0.5, 0.6) is 0 Å². The van der Waals surface area contributed by atoms with Crippen LogP contribution in [0.4, 0.5) is 10.1 Å². The minimum Gasteiger partial charge on any atom is -0.351 e. The maximum atomic E-state index is 13.4. The second-order valence-electron chi connectivity index (χ2n) is 4.38. The van der Waals surface area contributed by atoms with E-state index in [1.807, 2.05) is 6.26 Å². The number of carbonyl (C=O) groups excluding carboxylic acids is 1. The first kappa shape index (κ1) is 13.2. The van der Waals surface area contributed by atoms with Crippen molar-refractivity contribution in [3.63, 3.8) is 0 Å². The summed E-state index contributed by atoms with van der Waals surface area (Å²) in [6.45, 7) is 0.605. The van der Waals surface area contributed by atoms with Crippen LogP contribution < -0.4 is 16.6 Å². The monoisotopic (exact) mass is 269 g/mol. The number of thioether (sulfide) groups is 1. The first-order valence-electron chi connectivity index (χ1n) is 5.70. The van der Waals surface area contributed by atoms with Crippen LogP contribution in [-0.2, 0) is 0 Å². The van der Waals surface area contributed by atoms with Crippen LogP contribution in [0.25, 0.3) is 0 Å². The van der Waals surface area contributed by atoms with Crippen molar-refractivity contribution in [3.05, 3.63) is 29.6 Å². The third-order valence-corrected chi connectivity index (χ3v) is 4.63. The van der Waals surface area contributed by atoms with E-state index in [1.165, 1.54) is 12.1 Å². The normalized spacial score (nSPS) is 16.2. The van der Waals surface area contributed by atoms with Gasteiger partial charge in [-0.2, -0.15) is 11.8 Å². The molecule has 98 valence electrons. The Morgan fingerprint density at radius 3 is 2.83 bits per heavy atom. The van der Waals surface area contributed by atoms with Gasteiger partial charge in [-0.15, -0.1) is 0 Å². The summed E-state index contributed by atoms with van der Waals surface area (Å²) in [4.78, 5) is 12.0. The van der Waals surface area contributed by atoms with E-state index in [-0.39, 0.29) is 21.9 Å². The van der Waals surface area contributed by atoms with Gasteiger partial charge >= 0.3 is 0 Å². The quantitative estimate of drug-likeness (QED) is 0.562. The van der Waals surface area contributed by atoms with Gasteiger partial charge in [0.2, 0.25) is 0 Å².